The molecule has 2 rings (SSSR count). The van der Waals surface area contributed by atoms with E-state index in [0.29, 0.717) is 6.04 Å². The lowest BCUT2D eigenvalue weighted by atomic mass is 10.2. The van der Waals surface area contributed by atoms with Crippen molar-refractivity contribution in [1.29, 1.82) is 0 Å². The molecule has 0 spiro atoms. The molecular weight excluding hydrogens is 226 g/mol. The van der Waals surface area contributed by atoms with E-state index in [1.165, 1.54) is 42.6 Å². The maximum Gasteiger partial charge on any atom is 0.0641 e. The largest absolute Gasteiger partial charge is 0.383 e. The van der Waals surface area contributed by atoms with Gasteiger partial charge in [0.15, 0.2) is 0 Å². The van der Waals surface area contributed by atoms with Gasteiger partial charge in [-0.3, -0.25) is 4.68 Å². The molecule has 0 aliphatic heterocycles. The molecule has 4 heteroatoms. The first-order valence-corrected chi connectivity index (χ1v) is 6.98. The number of aryl methyl sites for hydroxylation is 1. The van der Waals surface area contributed by atoms with Gasteiger partial charge in [0.2, 0.25) is 0 Å². The molecule has 1 saturated carbocycles. The van der Waals surface area contributed by atoms with Crippen molar-refractivity contribution in [3.8, 4) is 0 Å². The molecule has 0 saturated heterocycles. The van der Waals surface area contributed by atoms with E-state index in [9.17, 15) is 0 Å². The highest BCUT2D eigenvalue weighted by molar-refractivity contribution is 5.24. The summed E-state index contributed by atoms with van der Waals surface area (Å²) in [5, 5.41) is 8.15. The molecule has 0 radical (unpaired) electrons. The van der Waals surface area contributed by atoms with Crippen LogP contribution in [-0.4, -0.2) is 30.0 Å². The normalized spacial score (nSPS) is 16.6. The van der Waals surface area contributed by atoms with E-state index in [4.69, 9.17) is 9.84 Å². The van der Waals surface area contributed by atoms with Gasteiger partial charge in [-0.15, -0.1) is 0 Å². The number of methoxy groups -OCH3 is 1. The molecule has 1 aromatic heterocycles. The molecule has 1 fully saturated rings. The van der Waals surface area contributed by atoms with E-state index < -0.39 is 0 Å². The van der Waals surface area contributed by atoms with Gasteiger partial charge in [0.05, 0.1) is 18.3 Å². The number of ether oxygens (including phenoxy) is 1. The lowest BCUT2D eigenvalue weighted by Crippen LogP contribution is -2.19. The SMILES string of the molecule is COCCNCc1c(C)nn(C2CCCC2)c1C. The van der Waals surface area contributed by atoms with Crippen LogP contribution in [0.4, 0.5) is 0 Å². The van der Waals surface area contributed by atoms with E-state index in [2.05, 4.69) is 23.8 Å². The van der Waals surface area contributed by atoms with Gasteiger partial charge in [0.1, 0.15) is 0 Å². The summed E-state index contributed by atoms with van der Waals surface area (Å²) in [6, 6.07) is 0.636. The van der Waals surface area contributed by atoms with Gasteiger partial charge in [-0.2, -0.15) is 5.10 Å². The predicted octanol–water partition coefficient (Wildman–Crippen LogP) is 2.35. The predicted molar refractivity (Wildman–Crippen MR) is 72.8 cm³/mol. The molecule has 4 nitrogen and oxygen atoms in total. The average Bonchev–Trinajstić information content (AvgIpc) is 2.96. The van der Waals surface area contributed by atoms with Gasteiger partial charge in [-0.05, 0) is 26.7 Å². The molecule has 1 N–H and O–H groups in total. The summed E-state index contributed by atoms with van der Waals surface area (Å²) in [6.07, 6.45) is 5.28. The Morgan fingerprint density at radius 2 is 2.06 bits per heavy atom. The second-order valence-electron chi connectivity index (χ2n) is 5.20. The highest BCUT2D eigenvalue weighted by atomic mass is 16.5. The minimum atomic E-state index is 0.636. The minimum absolute atomic E-state index is 0.636. The van der Waals surface area contributed by atoms with Crippen molar-refractivity contribution in [2.24, 2.45) is 0 Å². The van der Waals surface area contributed by atoms with E-state index in [0.717, 1.165) is 19.7 Å². The number of rotatable bonds is 6. The molecule has 0 atom stereocenters. The zero-order valence-corrected chi connectivity index (χ0v) is 11.8. The van der Waals surface area contributed by atoms with Crippen molar-refractivity contribution >= 4 is 0 Å². The number of hydrogen-bond donors (Lipinski definition) is 1. The molecule has 1 aromatic rings. The first-order valence-electron chi connectivity index (χ1n) is 6.98. The van der Waals surface area contributed by atoms with Gasteiger partial charge < -0.3 is 10.1 Å². The van der Waals surface area contributed by atoms with Crippen molar-refractivity contribution in [2.45, 2.75) is 52.1 Å². The Morgan fingerprint density at radius 1 is 1.33 bits per heavy atom. The number of hydrogen-bond acceptors (Lipinski definition) is 3. The zero-order chi connectivity index (χ0) is 13.0. The van der Waals surface area contributed by atoms with Crippen LogP contribution in [0.1, 0.15) is 48.7 Å². The Balaban J connectivity index is 2.01. The van der Waals surface area contributed by atoms with Crippen LogP contribution >= 0.6 is 0 Å². The minimum Gasteiger partial charge on any atom is -0.383 e. The Labute approximate surface area is 110 Å². The van der Waals surface area contributed by atoms with Gasteiger partial charge in [-0.25, -0.2) is 0 Å². The molecule has 102 valence electrons. The average molecular weight is 251 g/mol. The Hall–Kier alpha value is -0.870. The Morgan fingerprint density at radius 3 is 2.72 bits per heavy atom. The summed E-state index contributed by atoms with van der Waals surface area (Å²) < 4.78 is 7.30. The standard InChI is InChI=1S/C14H25N3O/c1-11-14(10-15-8-9-18-3)12(2)17(16-11)13-6-4-5-7-13/h13,15H,4-10H2,1-3H3. The van der Waals surface area contributed by atoms with E-state index >= 15 is 0 Å². The molecule has 0 bridgehead atoms. The van der Waals surface area contributed by atoms with Crippen LogP contribution in [-0.2, 0) is 11.3 Å². The fourth-order valence-electron chi connectivity index (χ4n) is 2.84. The maximum absolute atomic E-state index is 5.04. The quantitative estimate of drug-likeness (QED) is 0.789. The summed E-state index contributed by atoms with van der Waals surface area (Å²) in [6.45, 7) is 6.87. The van der Waals surface area contributed by atoms with Gasteiger partial charge in [-0.1, -0.05) is 12.8 Å². The second-order valence-corrected chi connectivity index (χ2v) is 5.20. The van der Waals surface area contributed by atoms with Crippen LogP contribution < -0.4 is 5.32 Å². The van der Waals surface area contributed by atoms with Crippen LogP contribution in [0.2, 0.25) is 0 Å². The van der Waals surface area contributed by atoms with Crippen molar-refractivity contribution in [3.05, 3.63) is 17.0 Å². The summed E-state index contributed by atoms with van der Waals surface area (Å²) in [5.41, 5.74) is 3.87. The Bertz CT molecular complexity index is 381. The van der Waals surface area contributed by atoms with Gasteiger partial charge >= 0.3 is 0 Å². The molecule has 1 aliphatic carbocycles. The highest BCUT2D eigenvalue weighted by Gasteiger charge is 2.21. The molecule has 0 unspecified atom stereocenters. The van der Waals surface area contributed by atoms with Crippen molar-refractivity contribution in [3.63, 3.8) is 0 Å². The molecule has 18 heavy (non-hydrogen) atoms. The summed E-state index contributed by atoms with van der Waals surface area (Å²) in [5.74, 6) is 0. The third kappa shape index (κ3) is 2.93. The van der Waals surface area contributed by atoms with E-state index in [1.54, 1.807) is 7.11 Å². The topological polar surface area (TPSA) is 39.1 Å². The lowest BCUT2D eigenvalue weighted by molar-refractivity contribution is 0.199. The number of nitrogens with zero attached hydrogens (tertiary/aromatic N) is 2. The van der Waals surface area contributed by atoms with E-state index in [1.807, 2.05) is 0 Å². The smallest absolute Gasteiger partial charge is 0.0641 e. The molecule has 0 amide bonds. The van der Waals surface area contributed by atoms with Crippen LogP contribution in [0, 0.1) is 13.8 Å². The zero-order valence-electron chi connectivity index (χ0n) is 11.8. The van der Waals surface area contributed by atoms with Gasteiger partial charge in [0.25, 0.3) is 0 Å². The summed E-state index contributed by atoms with van der Waals surface area (Å²) in [7, 11) is 1.73. The number of aromatic nitrogens is 2. The molecular formula is C14H25N3O. The summed E-state index contributed by atoms with van der Waals surface area (Å²) in [4.78, 5) is 0. The molecule has 0 aromatic carbocycles. The first kappa shape index (κ1) is 13.6. The molecule has 1 heterocycles. The first-order chi connectivity index (χ1) is 8.74. The van der Waals surface area contributed by atoms with Crippen LogP contribution in [0.15, 0.2) is 0 Å². The third-order valence-corrected chi connectivity index (χ3v) is 3.93. The second kappa shape index (κ2) is 6.34. The highest BCUT2D eigenvalue weighted by Crippen LogP contribution is 2.31. The van der Waals surface area contributed by atoms with E-state index in [-0.39, 0.29) is 0 Å². The fraction of sp³-hybridized carbons (Fsp3) is 0.786. The molecule has 1 aliphatic rings. The van der Waals surface area contributed by atoms with Crippen molar-refractivity contribution in [1.82, 2.24) is 15.1 Å². The van der Waals surface area contributed by atoms with Crippen LogP contribution in [0.25, 0.3) is 0 Å². The fourth-order valence-corrected chi connectivity index (χ4v) is 2.84. The lowest BCUT2D eigenvalue weighted by Gasteiger charge is -2.12. The van der Waals surface area contributed by atoms with Crippen molar-refractivity contribution < 1.29 is 4.74 Å². The Kier molecular flexibility index (Phi) is 4.78. The third-order valence-electron chi connectivity index (χ3n) is 3.93. The van der Waals surface area contributed by atoms with Crippen LogP contribution in [0.3, 0.4) is 0 Å². The monoisotopic (exact) mass is 251 g/mol. The van der Waals surface area contributed by atoms with Crippen LogP contribution in [0.5, 0.6) is 0 Å². The number of nitrogens with one attached hydrogen (secondary N) is 1. The maximum atomic E-state index is 5.04. The van der Waals surface area contributed by atoms with Crippen molar-refractivity contribution in [2.75, 3.05) is 20.3 Å². The summed E-state index contributed by atoms with van der Waals surface area (Å²) >= 11 is 0. The van der Waals surface area contributed by atoms with Gasteiger partial charge in [0, 0.05) is 31.5 Å².